The molecule has 0 bridgehead atoms. The number of imide groups is 1. The molecule has 80 heavy (non-hydrogen) atoms. The summed E-state index contributed by atoms with van der Waals surface area (Å²) in [5.41, 5.74) is 5.76. The first-order chi connectivity index (χ1) is 38.0. The van der Waals surface area contributed by atoms with Crippen LogP contribution in [-0.2, 0) is 76.1 Å². The molecule has 19 atom stereocenters. The maximum absolute atomic E-state index is 14.7. The van der Waals surface area contributed by atoms with Crippen molar-refractivity contribution in [1.82, 2.24) is 20.0 Å². The van der Waals surface area contributed by atoms with Gasteiger partial charge < -0.3 is 83.5 Å². The van der Waals surface area contributed by atoms with E-state index in [2.05, 4.69) is 19.2 Å². The van der Waals surface area contributed by atoms with Crippen LogP contribution in [0.25, 0.3) is 0 Å². The summed E-state index contributed by atoms with van der Waals surface area (Å²) < 4.78 is 58.1. The minimum absolute atomic E-state index is 0.176. The Morgan fingerprint density at radius 1 is 0.725 bits per heavy atom. The fourth-order valence-electron chi connectivity index (χ4n) is 11.2. The van der Waals surface area contributed by atoms with Gasteiger partial charge in [-0.05, 0) is 38.6 Å². The number of methoxy groups -OCH3 is 3. The number of carboxylic acids is 1. The number of hydrogen-bond donors (Lipinski definition) is 7. The van der Waals surface area contributed by atoms with Crippen molar-refractivity contribution in [3.05, 3.63) is 0 Å². The number of carboxylic acid groups (broad SMARTS) is 1. The number of likely N-dealkylation sites (N-methyl/N-ethyl adjacent to an activating group) is 2. The quantitative estimate of drug-likeness (QED) is 0.0281. The first-order valence-corrected chi connectivity index (χ1v) is 28.0. The molecule has 5 fully saturated rings. The molecule has 8 N–H and O–H groups in total. The van der Waals surface area contributed by atoms with Crippen LogP contribution < -0.4 is 11.1 Å². The molecular formula is C53H89N5O22. The standard InChI is InChI=1S/C53H89N5O22/c1-27(2)18-16-14-12-10-11-13-15-17-19-30(75-34(60)22-28(3)23-35(61)78-52-47(73-9)46(72-8)43(71-7)29(4)74-52)24-36(62)76-32-26-56(5)38(48(67)57(6)37(32)50(68)69)44(80-51-42(66)39(63)31(25-54)77-51)45-40(64)41(65)49(79-45)58-21-20-33(59)55-53(58)70/h27-32,37-47,49,51-52,63-66H,10-26,54H2,1-9H3,(H,68,69)(H,55,59,70)/t28-,29-,30-,31+,32-,37-,38-,39+,40-,41+,42+,43-,44-,45-,46+,47+,49+,51-,52-/m0/s1. The van der Waals surface area contributed by atoms with Gasteiger partial charge in [-0.3, -0.25) is 39.1 Å². The predicted octanol–water partition coefficient (Wildman–Crippen LogP) is -0.0888. The van der Waals surface area contributed by atoms with E-state index in [-0.39, 0.29) is 38.8 Å². The van der Waals surface area contributed by atoms with Crippen LogP contribution in [0.5, 0.6) is 0 Å². The highest BCUT2D eigenvalue weighted by molar-refractivity contribution is 5.96. The second-order valence-corrected chi connectivity index (χ2v) is 22.2. The number of ether oxygens (including phenoxy) is 10. The SMILES string of the molecule is CO[C@@H]1[C@@H](OC)[C@H](C)O[C@@H](OC(=O)C[C@@H](C)CC(=O)O[C@@H](CCCCCCCCCCC(C)C)CC(=O)O[C@H]2CN(C)[C@@H]([C@H](O[C@@H]3O[C@H](CN)[C@@H](O)[C@H]3O)[C@H]3O[C@@H](N4CCC(=O)NC4=O)[C@H](O)[C@@H]3O)C(=O)N(C)[C@@H]2C(=O)O)[C@@H]1OC. The summed E-state index contributed by atoms with van der Waals surface area (Å²) in [6.07, 6.45) is -13.4. The molecule has 5 rings (SSSR count). The third-order valence-electron chi connectivity index (χ3n) is 15.6. The van der Waals surface area contributed by atoms with Crippen LogP contribution in [0.2, 0.25) is 0 Å². The molecule has 0 aromatic carbocycles. The lowest BCUT2D eigenvalue weighted by Gasteiger charge is -2.43. The van der Waals surface area contributed by atoms with E-state index >= 15 is 0 Å². The Hall–Kier alpha value is -4.23. The minimum Gasteiger partial charge on any atom is -0.480 e. The third kappa shape index (κ3) is 17.4. The van der Waals surface area contributed by atoms with Gasteiger partial charge in [0.05, 0.1) is 12.5 Å². The molecule has 4 amide bonds. The highest BCUT2D eigenvalue weighted by atomic mass is 16.7. The lowest BCUT2D eigenvalue weighted by Crippen LogP contribution is -2.59. The van der Waals surface area contributed by atoms with Crippen LogP contribution in [0.4, 0.5) is 4.79 Å². The number of carbonyl (C=O) groups excluding carboxylic acids is 6. The predicted molar refractivity (Wildman–Crippen MR) is 277 cm³/mol. The zero-order chi connectivity index (χ0) is 59.1. The van der Waals surface area contributed by atoms with E-state index in [1.165, 1.54) is 46.1 Å². The maximum Gasteiger partial charge on any atom is 0.330 e. The van der Waals surface area contributed by atoms with Gasteiger partial charge in [0.25, 0.3) is 0 Å². The molecular weight excluding hydrogens is 1060 g/mol. The van der Waals surface area contributed by atoms with E-state index in [9.17, 15) is 59.1 Å². The van der Waals surface area contributed by atoms with Crippen LogP contribution in [0.3, 0.4) is 0 Å². The van der Waals surface area contributed by atoms with Crippen LogP contribution in [0.15, 0.2) is 0 Å². The fraction of sp³-hybridized carbons (Fsp3) is 0.868. The molecule has 5 aliphatic heterocycles. The van der Waals surface area contributed by atoms with Gasteiger partial charge in [0.2, 0.25) is 18.1 Å². The number of nitrogens with one attached hydrogen (secondary N) is 1. The number of aliphatic hydroxyl groups is 4. The molecule has 5 aliphatic rings. The summed E-state index contributed by atoms with van der Waals surface area (Å²) in [6, 6.07) is -4.48. The summed E-state index contributed by atoms with van der Waals surface area (Å²) in [7, 11) is 6.90. The van der Waals surface area contributed by atoms with Crippen LogP contribution in [0.1, 0.15) is 118 Å². The Kier molecular flexibility index (Phi) is 26.2. The monoisotopic (exact) mass is 1150 g/mol. The van der Waals surface area contributed by atoms with E-state index < -0.39 is 171 Å². The van der Waals surface area contributed by atoms with Crippen molar-refractivity contribution < 1.29 is 106 Å². The van der Waals surface area contributed by atoms with E-state index in [4.69, 9.17) is 53.1 Å². The fourth-order valence-corrected chi connectivity index (χ4v) is 11.2. The number of nitrogens with two attached hydrogens (primary N) is 1. The number of aliphatic hydroxyl groups excluding tert-OH is 4. The second-order valence-electron chi connectivity index (χ2n) is 22.2. The van der Waals surface area contributed by atoms with Crippen LogP contribution in [-0.4, -0.2) is 247 Å². The Labute approximate surface area is 467 Å². The van der Waals surface area contributed by atoms with E-state index in [1.54, 1.807) is 13.8 Å². The van der Waals surface area contributed by atoms with Crippen LogP contribution >= 0.6 is 0 Å². The molecule has 0 saturated carbocycles. The molecule has 458 valence electrons. The first kappa shape index (κ1) is 66.6. The number of amides is 4. The Morgan fingerprint density at radius 2 is 1.32 bits per heavy atom. The second kappa shape index (κ2) is 31.4. The van der Waals surface area contributed by atoms with Gasteiger partial charge in [-0.25, -0.2) is 9.59 Å². The number of esters is 3. The molecule has 0 aliphatic carbocycles. The van der Waals surface area contributed by atoms with Gasteiger partial charge in [-0.2, -0.15) is 0 Å². The molecule has 27 heteroatoms. The summed E-state index contributed by atoms with van der Waals surface area (Å²) in [5, 5.41) is 57.4. The summed E-state index contributed by atoms with van der Waals surface area (Å²) in [4.78, 5) is 96.8. The molecule has 0 aromatic heterocycles. The number of hydrogen-bond acceptors (Lipinski definition) is 23. The number of nitrogens with zero attached hydrogens (tertiary/aromatic N) is 3. The molecule has 5 saturated heterocycles. The lowest BCUT2D eigenvalue weighted by atomic mass is 9.97. The summed E-state index contributed by atoms with van der Waals surface area (Å²) >= 11 is 0. The number of carbonyl (C=O) groups is 7. The average molecular weight is 1150 g/mol. The minimum atomic E-state index is -1.93. The molecule has 0 spiro atoms. The average Bonchev–Trinajstić information content (AvgIpc) is 3.91. The Balaban J connectivity index is 1.31. The van der Waals surface area contributed by atoms with Gasteiger partial charge in [-0.1, -0.05) is 72.1 Å². The molecule has 5 heterocycles. The summed E-state index contributed by atoms with van der Waals surface area (Å²) in [5.74, 6) is -5.48. The Morgan fingerprint density at radius 3 is 1.90 bits per heavy atom. The van der Waals surface area contributed by atoms with Crippen molar-refractivity contribution >= 4 is 41.7 Å². The van der Waals surface area contributed by atoms with E-state index in [1.807, 2.05) is 0 Å². The normalized spacial score (nSPS) is 33.5. The van der Waals surface area contributed by atoms with Crippen molar-refractivity contribution in [2.24, 2.45) is 17.6 Å². The third-order valence-corrected chi connectivity index (χ3v) is 15.6. The molecule has 0 aromatic rings. The highest BCUT2D eigenvalue weighted by Gasteiger charge is 2.58. The highest BCUT2D eigenvalue weighted by Crippen LogP contribution is 2.36. The van der Waals surface area contributed by atoms with Crippen molar-refractivity contribution in [3.63, 3.8) is 0 Å². The maximum atomic E-state index is 14.7. The van der Waals surface area contributed by atoms with Crippen molar-refractivity contribution in [2.45, 2.75) is 228 Å². The molecule has 0 radical (unpaired) electrons. The zero-order valence-electron chi connectivity index (χ0n) is 47.7. The summed E-state index contributed by atoms with van der Waals surface area (Å²) in [6.45, 7) is 6.81. The number of aliphatic carboxylic acids is 1. The van der Waals surface area contributed by atoms with Crippen molar-refractivity contribution in [1.29, 1.82) is 0 Å². The van der Waals surface area contributed by atoms with Crippen LogP contribution in [0, 0.1) is 11.8 Å². The Bertz CT molecular complexity index is 2040. The van der Waals surface area contributed by atoms with Gasteiger partial charge >= 0.3 is 29.9 Å². The van der Waals surface area contributed by atoms with E-state index in [0.717, 1.165) is 55.4 Å². The number of urea groups is 1. The lowest BCUT2D eigenvalue weighted by molar-refractivity contribution is -0.297. The molecule has 0 unspecified atom stereocenters. The number of rotatable bonds is 30. The van der Waals surface area contributed by atoms with Gasteiger partial charge in [-0.15, -0.1) is 0 Å². The zero-order valence-corrected chi connectivity index (χ0v) is 47.7. The number of unbranched alkanes of at least 4 members (excludes halogenated alkanes) is 7. The van der Waals surface area contributed by atoms with Gasteiger partial charge in [0, 0.05) is 67.3 Å². The van der Waals surface area contributed by atoms with Crippen molar-refractivity contribution in [2.75, 3.05) is 55.1 Å². The first-order valence-electron chi connectivity index (χ1n) is 28.0. The van der Waals surface area contributed by atoms with Crippen molar-refractivity contribution in [3.8, 4) is 0 Å². The van der Waals surface area contributed by atoms with Gasteiger partial charge in [0.15, 0.2) is 18.6 Å². The van der Waals surface area contributed by atoms with E-state index in [0.29, 0.717) is 12.3 Å². The molecule has 27 nitrogen and oxygen atoms in total. The smallest absolute Gasteiger partial charge is 0.330 e. The largest absolute Gasteiger partial charge is 0.480 e. The topological polar surface area (TPSA) is 361 Å². The van der Waals surface area contributed by atoms with Gasteiger partial charge in [0.1, 0.15) is 79.3 Å².